The molecule has 3 heterocycles. The average molecular weight is 336 g/mol. The van der Waals surface area contributed by atoms with E-state index in [0.717, 1.165) is 16.3 Å². The molecule has 0 atom stereocenters. The Hall–Kier alpha value is -1.99. The van der Waals surface area contributed by atoms with Crippen molar-refractivity contribution in [2.24, 2.45) is 0 Å². The molecule has 3 aromatic heterocycles. The Morgan fingerprint density at radius 3 is 2.82 bits per heavy atom. The van der Waals surface area contributed by atoms with E-state index in [4.69, 9.17) is 11.6 Å². The predicted molar refractivity (Wildman–Crippen MR) is 85.4 cm³/mol. The van der Waals surface area contributed by atoms with E-state index < -0.39 is 0 Å². The van der Waals surface area contributed by atoms with Gasteiger partial charge >= 0.3 is 0 Å². The number of fused-ring (bicyclic) bond motifs is 1. The van der Waals surface area contributed by atoms with Gasteiger partial charge < -0.3 is 4.90 Å². The van der Waals surface area contributed by atoms with Crippen LogP contribution >= 0.6 is 22.9 Å². The molecule has 114 valence electrons. The maximum Gasteiger partial charge on any atom is 0.293 e. The second kappa shape index (κ2) is 5.66. The van der Waals surface area contributed by atoms with Gasteiger partial charge in [0, 0.05) is 23.3 Å². The normalized spacial score (nSPS) is 11.1. The molecule has 22 heavy (non-hydrogen) atoms. The zero-order chi connectivity index (χ0) is 15.9. The van der Waals surface area contributed by atoms with Crippen LogP contribution in [0, 0.1) is 13.8 Å². The average Bonchev–Trinajstić information content (AvgIpc) is 3.04. The highest BCUT2D eigenvalue weighted by atomic mass is 35.5. The summed E-state index contributed by atoms with van der Waals surface area (Å²) in [7, 11) is 1.72. The van der Waals surface area contributed by atoms with Crippen molar-refractivity contribution in [2.45, 2.75) is 20.4 Å². The molecule has 3 aromatic rings. The first-order valence-electron chi connectivity index (χ1n) is 6.65. The number of carbonyl (C=O) groups excluding carboxylic acids is 1. The molecule has 0 saturated carbocycles. The summed E-state index contributed by atoms with van der Waals surface area (Å²) in [4.78, 5) is 23.5. The molecular weight excluding hydrogens is 322 g/mol. The molecule has 1 amide bonds. The van der Waals surface area contributed by atoms with Crippen molar-refractivity contribution in [2.75, 3.05) is 7.05 Å². The third-order valence-corrected chi connectivity index (χ3v) is 4.39. The summed E-state index contributed by atoms with van der Waals surface area (Å²) in [6.45, 7) is 4.26. The highest BCUT2D eigenvalue weighted by molar-refractivity contribution is 7.16. The predicted octanol–water partition coefficient (Wildman–Crippen LogP) is 2.73. The summed E-state index contributed by atoms with van der Waals surface area (Å²) < 4.78 is 2.29. The molecule has 0 aliphatic carbocycles. The number of hydrogen-bond donors (Lipinski definition) is 0. The lowest BCUT2D eigenvalue weighted by Gasteiger charge is -2.13. The summed E-state index contributed by atoms with van der Waals surface area (Å²) in [6, 6.07) is 5.62. The lowest BCUT2D eigenvalue weighted by atomic mass is 10.4. The number of thiophene rings is 1. The second-order valence-electron chi connectivity index (χ2n) is 5.05. The van der Waals surface area contributed by atoms with E-state index in [0.29, 0.717) is 16.7 Å². The van der Waals surface area contributed by atoms with E-state index in [2.05, 4.69) is 15.1 Å². The standard InChI is InChI=1S/C14H14ClN5OS/c1-8-6-9(2)20-14(16-8)17-12(18-20)13(21)19(3)7-10-4-5-11(15)22-10/h4-6H,7H2,1-3H3. The van der Waals surface area contributed by atoms with E-state index in [1.807, 2.05) is 32.0 Å². The minimum Gasteiger partial charge on any atom is -0.334 e. The van der Waals surface area contributed by atoms with Crippen LogP contribution in [0.15, 0.2) is 18.2 Å². The van der Waals surface area contributed by atoms with E-state index in [-0.39, 0.29) is 11.7 Å². The van der Waals surface area contributed by atoms with Gasteiger partial charge in [0.05, 0.1) is 10.9 Å². The minimum atomic E-state index is -0.243. The van der Waals surface area contributed by atoms with E-state index in [1.165, 1.54) is 11.3 Å². The first kappa shape index (κ1) is 14.9. The smallest absolute Gasteiger partial charge is 0.293 e. The highest BCUT2D eigenvalue weighted by Crippen LogP contribution is 2.22. The number of halogens is 1. The molecule has 6 nitrogen and oxygen atoms in total. The Bertz CT molecular complexity index is 856. The third kappa shape index (κ3) is 2.82. The van der Waals surface area contributed by atoms with Crippen LogP contribution in [0.5, 0.6) is 0 Å². The van der Waals surface area contributed by atoms with Crippen LogP contribution in [0.3, 0.4) is 0 Å². The van der Waals surface area contributed by atoms with Gasteiger partial charge in [0.15, 0.2) is 0 Å². The fourth-order valence-corrected chi connectivity index (χ4v) is 3.31. The summed E-state index contributed by atoms with van der Waals surface area (Å²) in [6.07, 6.45) is 0. The first-order valence-corrected chi connectivity index (χ1v) is 7.84. The van der Waals surface area contributed by atoms with Gasteiger partial charge in [0.2, 0.25) is 5.82 Å². The maximum absolute atomic E-state index is 12.5. The Morgan fingerprint density at radius 1 is 1.36 bits per heavy atom. The van der Waals surface area contributed by atoms with Gasteiger partial charge in [-0.15, -0.1) is 16.4 Å². The van der Waals surface area contributed by atoms with Gasteiger partial charge in [0.25, 0.3) is 11.7 Å². The van der Waals surface area contributed by atoms with Crippen LogP contribution in [0.2, 0.25) is 4.34 Å². The fraction of sp³-hybridized carbons (Fsp3) is 0.286. The molecule has 0 spiro atoms. The van der Waals surface area contributed by atoms with Crippen LogP contribution < -0.4 is 0 Å². The number of nitrogens with zero attached hydrogens (tertiary/aromatic N) is 5. The topological polar surface area (TPSA) is 63.4 Å². The molecule has 0 N–H and O–H groups in total. The number of aryl methyl sites for hydroxylation is 2. The van der Waals surface area contributed by atoms with Crippen molar-refractivity contribution in [3.63, 3.8) is 0 Å². The molecule has 0 radical (unpaired) electrons. The Kier molecular flexibility index (Phi) is 3.84. The zero-order valence-corrected chi connectivity index (χ0v) is 13.9. The van der Waals surface area contributed by atoms with Crippen molar-refractivity contribution in [3.8, 4) is 0 Å². The van der Waals surface area contributed by atoms with Crippen molar-refractivity contribution in [1.29, 1.82) is 0 Å². The van der Waals surface area contributed by atoms with E-state index >= 15 is 0 Å². The van der Waals surface area contributed by atoms with E-state index in [1.54, 1.807) is 16.5 Å². The monoisotopic (exact) mass is 335 g/mol. The van der Waals surface area contributed by atoms with Crippen LogP contribution in [-0.4, -0.2) is 37.4 Å². The number of carbonyl (C=O) groups is 1. The number of rotatable bonds is 3. The van der Waals surface area contributed by atoms with Gasteiger partial charge in [-0.25, -0.2) is 9.50 Å². The molecule has 0 unspecified atom stereocenters. The number of aromatic nitrogens is 4. The Morgan fingerprint density at radius 2 is 2.14 bits per heavy atom. The molecule has 0 bridgehead atoms. The number of hydrogen-bond acceptors (Lipinski definition) is 5. The third-order valence-electron chi connectivity index (χ3n) is 3.18. The lowest BCUT2D eigenvalue weighted by Crippen LogP contribution is -2.26. The fourth-order valence-electron chi connectivity index (χ4n) is 2.17. The first-order chi connectivity index (χ1) is 10.4. The molecular formula is C14H14ClN5OS. The van der Waals surface area contributed by atoms with Crippen LogP contribution in [0.25, 0.3) is 5.78 Å². The second-order valence-corrected chi connectivity index (χ2v) is 6.85. The molecule has 0 aromatic carbocycles. The van der Waals surface area contributed by atoms with Crippen molar-refractivity contribution >= 4 is 34.6 Å². The van der Waals surface area contributed by atoms with Crippen LogP contribution in [0.1, 0.15) is 26.9 Å². The summed E-state index contributed by atoms with van der Waals surface area (Å²) in [5.41, 5.74) is 1.74. The SMILES string of the molecule is Cc1cc(C)n2nc(C(=O)N(C)Cc3ccc(Cl)s3)nc2n1. The molecule has 8 heteroatoms. The van der Waals surface area contributed by atoms with E-state index in [9.17, 15) is 4.79 Å². The van der Waals surface area contributed by atoms with Gasteiger partial charge in [-0.2, -0.15) is 4.98 Å². The Balaban J connectivity index is 1.86. The quantitative estimate of drug-likeness (QED) is 0.738. The molecule has 0 aliphatic rings. The Labute approximate surface area is 136 Å². The van der Waals surface area contributed by atoms with Gasteiger partial charge in [-0.05, 0) is 32.0 Å². The largest absolute Gasteiger partial charge is 0.334 e. The van der Waals surface area contributed by atoms with Crippen molar-refractivity contribution < 1.29 is 4.79 Å². The summed E-state index contributed by atoms with van der Waals surface area (Å²) >= 11 is 7.36. The highest BCUT2D eigenvalue weighted by Gasteiger charge is 2.19. The molecule has 0 aliphatic heterocycles. The van der Waals surface area contributed by atoms with Crippen molar-refractivity contribution in [3.05, 3.63) is 44.6 Å². The molecule has 0 saturated heterocycles. The number of amides is 1. The van der Waals surface area contributed by atoms with Crippen LogP contribution in [0.4, 0.5) is 0 Å². The van der Waals surface area contributed by atoms with Gasteiger partial charge in [-0.1, -0.05) is 11.6 Å². The van der Waals surface area contributed by atoms with Gasteiger partial charge in [0.1, 0.15) is 0 Å². The summed E-state index contributed by atoms with van der Waals surface area (Å²) in [5.74, 6) is 0.340. The molecule has 0 fully saturated rings. The minimum absolute atomic E-state index is 0.145. The van der Waals surface area contributed by atoms with Crippen LogP contribution in [-0.2, 0) is 6.54 Å². The lowest BCUT2D eigenvalue weighted by molar-refractivity contribution is 0.0774. The molecule has 3 rings (SSSR count). The maximum atomic E-state index is 12.5. The van der Waals surface area contributed by atoms with Gasteiger partial charge in [-0.3, -0.25) is 4.79 Å². The van der Waals surface area contributed by atoms with Crippen molar-refractivity contribution in [1.82, 2.24) is 24.5 Å². The zero-order valence-electron chi connectivity index (χ0n) is 12.4. The summed E-state index contributed by atoms with van der Waals surface area (Å²) in [5, 5.41) is 4.25.